The molecular formula is C13H22N2O2S2. The number of thiophene rings is 1. The van der Waals surface area contributed by atoms with Crippen molar-refractivity contribution in [2.24, 2.45) is 5.92 Å². The second-order valence-corrected chi connectivity index (χ2v) is 8.44. The number of anilines is 1. The predicted octanol–water partition coefficient (Wildman–Crippen LogP) is 2.92. The van der Waals surface area contributed by atoms with E-state index in [0.717, 1.165) is 31.6 Å². The molecule has 0 unspecified atom stereocenters. The quantitative estimate of drug-likeness (QED) is 0.930. The van der Waals surface area contributed by atoms with Gasteiger partial charge in [-0.3, -0.25) is 0 Å². The van der Waals surface area contributed by atoms with Crippen molar-refractivity contribution in [2.45, 2.75) is 49.3 Å². The summed E-state index contributed by atoms with van der Waals surface area (Å²) in [5, 5.41) is 1.68. The maximum Gasteiger partial charge on any atom is 0.252 e. The Labute approximate surface area is 119 Å². The fraction of sp³-hybridized carbons (Fsp3) is 0.692. The van der Waals surface area contributed by atoms with Crippen LogP contribution in [-0.2, 0) is 10.0 Å². The summed E-state index contributed by atoms with van der Waals surface area (Å²) in [6.45, 7) is 2.21. The third-order valence-electron chi connectivity index (χ3n) is 4.14. The maximum absolute atomic E-state index is 12.5. The molecule has 0 radical (unpaired) electrons. The zero-order valence-electron chi connectivity index (χ0n) is 11.5. The standard InChI is InChI=1S/C13H22N2O2S2/c1-3-10-4-6-12(7-5-10)15(2)19(16,17)13-8-11(14)9-18-13/h8-10,12H,3-7,14H2,1-2H3. The Morgan fingerprint density at radius 2 is 2.00 bits per heavy atom. The van der Waals surface area contributed by atoms with Crippen LogP contribution in [0, 0.1) is 5.92 Å². The summed E-state index contributed by atoms with van der Waals surface area (Å²) in [7, 11) is -1.67. The molecule has 1 saturated carbocycles. The minimum atomic E-state index is -3.37. The largest absolute Gasteiger partial charge is 0.398 e. The first kappa shape index (κ1) is 14.8. The van der Waals surface area contributed by atoms with E-state index in [1.807, 2.05) is 0 Å². The van der Waals surface area contributed by atoms with Crippen molar-refractivity contribution in [3.05, 3.63) is 11.4 Å². The van der Waals surface area contributed by atoms with Gasteiger partial charge in [0.15, 0.2) is 0 Å². The SMILES string of the molecule is CCC1CCC(N(C)S(=O)(=O)c2cc(N)cs2)CC1. The minimum absolute atomic E-state index is 0.135. The van der Waals surface area contributed by atoms with Gasteiger partial charge in [0.2, 0.25) is 0 Å². The summed E-state index contributed by atoms with van der Waals surface area (Å²) in [6, 6.07) is 1.69. The van der Waals surface area contributed by atoms with Crippen molar-refractivity contribution in [3.63, 3.8) is 0 Å². The van der Waals surface area contributed by atoms with Crippen molar-refractivity contribution < 1.29 is 8.42 Å². The van der Waals surface area contributed by atoms with E-state index in [-0.39, 0.29) is 6.04 Å². The highest BCUT2D eigenvalue weighted by Crippen LogP contribution is 2.33. The number of hydrogen-bond acceptors (Lipinski definition) is 4. The van der Waals surface area contributed by atoms with Crippen LogP contribution >= 0.6 is 11.3 Å². The van der Waals surface area contributed by atoms with E-state index in [0.29, 0.717) is 9.90 Å². The van der Waals surface area contributed by atoms with Gasteiger partial charge in [0.05, 0.1) is 0 Å². The van der Waals surface area contributed by atoms with Gasteiger partial charge in [-0.05, 0) is 37.7 Å². The van der Waals surface area contributed by atoms with Crippen LogP contribution in [0.5, 0.6) is 0 Å². The van der Waals surface area contributed by atoms with E-state index in [4.69, 9.17) is 5.73 Å². The lowest BCUT2D eigenvalue weighted by molar-refractivity contribution is 0.233. The Hall–Kier alpha value is -0.590. The van der Waals surface area contributed by atoms with Gasteiger partial charge in [-0.15, -0.1) is 11.3 Å². The van der Waals surface area contributed by atoms with Gasteiger partial charge < -0.3 is 5.73 Å². The molecule has 1 fully saturated rings. The summed E-state index contributed by atoms with van der Waals surface area (Å²) >= 11 is 1.20. The van der Waals surface area contributed by atoms with E-state index in [1.54, 1.807) is 22.8 Å². The van der Waals surface area contributed by atoms with Gasteiger partial charge in [0, 0.05) is 24.2 Å². The third-order valence-corrected chi connectivity index (χ3v) is 7.48. The highest BCUT2D eigenvalue weighted by Gasteiger charge is 2.31. The average Bonchev–Trinajstić information content (AvgIpc) is 2.85. The molecule has 108 valence electrons. The second-order valence-electron chi connectivity index (χ2n) is 5.30. The van der Waals surface area contributed by atoms with Gasteiger partial charge in [-0.25, -0.2) is 8.42 Å². The highest BCUT2D eigenvalue weighted by molar-refractivity contribution is 7.91. The average molecular weight is 302 g/mol. The van der Waals surface area contributed by atoms with Crippen LogP contribution in [0.2, 0.25) is 0 Å². The predicted molar refractivity (Wildman–Crippen MR) is 79.7 cm³/mol. The molecule has 2 rings (SSSR count). The summed E-state index contributed by atoms with van der Waals surface area (Å²) in [5.74, 6) is 0.768. The number of nitrogens with zero attached hydrogens (tertiary/aromatic N) is 1. The molecule has 2 N–H and O–H groups in total. The number of rotatable bonds is 4. The molecule has 1 aliphatic rings. The van der Waals surface area contributed by atoms with Crippen LogP contribution in [0.15, 0.2) is 15.7 Å². The Bertz CT molecular complexity index is 517. The van der Waals surface area contributed by atoms with E-state index in [2.05, 4.69) is 6.92 Å². The molecule has 0 spiro atoms. The van der Waals surface area contributed by atoms with Crippen molar-refractivity contribution in [3.8, 4) is 0 Å². The fourth-order valence-electron chi connectivity index (χ4n) is 2.72. The molecule has 1 aliphatic carbocycles. The lowest BCUT2D eigenvalue weighted by Crippen LogP contribution is -2.39. The van der Waals surface area contributed by atoms with Crippen LogP contribution in [0.3, 0.4) is 0 Å². The monoisotopic (exact) mass is 302 g/mol. The van der Waals surface area contributed by atoms with Gasteiger partial charge in [-0.2, -0.15) is 4.31 Å². The van der Waals surface area contributed by atoms with Gasteiger partial charge in [-0.1, -0.05) is 13.3 Å². The van der Waals surface area contributed by atoms with Crippen molar-refractivity contribution in [2.75, 3.05) is 12.8 Å². The zero-order chi connectivity index (χ0) is 14.0. The van der Waals surface area contributed by atoms with E-state index in [1.165, 1.54) is 17.8 Å². The van der Waals surface area contributed by atoms with Crippen LogP contribution in [0.1, 0.15) is 39.0 Å². The Kier molecular flexibility index (Phi) is 4.53. The Balaban J connectivity index is 2.09. The van der Waals surface area contributed by atoms with Gasteiger partial charge in [0.25, 0.3) is 10.0 Å². The number of nitrogens with two attached hydrogens (primary N) is 1. The molecule has 0 aromatic carbocycles. The topological polar surface area (TPSA) is 63.4 Å². The molecular weight excluding hydrogens is 280 g/mol. The summed E-state index contributed by atoms with van der Waals surface area (Å²) in [4.78, 5) is 0. The van der Waals surface area contributed by atoms with Crippen molar-refractivity contribution in [1.82, 2.24) is 4.31 Å². The first-order valence-electron chi connectivity index (χ1n) is 6.77. The smallest absolute Gasteiger partial charge is 0.252 e. The van der Waals surface area contributed by atoms with E-state index < -0.39 is 10.0 Å². The molecule has 1 aromatic rings. The molecule has 1 aromatic heterocycles. The summed E-state index contributed by atoms with van der Waals surface area (Å²) < 4.78 is 26.9. The summed E-state index contributed by atoms with van der Waals surface area (Å²) in [6.07, 6.45) is 5.40. The fourth-order valence-corrected chi connectivity index (χ4v) is 5.40. The van der Waals surface area contributed by atoms with Gasteiger partial charge >= 0.3 is 0 Å². The molecule has 1 heterocycles. The normalized spacial score (nSPS) is 24.8. The molecule has 4 nitrogen and oxygen atoms in total. The van der Waals surface area contributed by atoms with Crippen LogP contribution in [0.4, 0.5) is 5.69 Å². The lowest BCUT2D eigenvalue weighted by atomic mass is 9.85. The molecule has 0 atom stereocenters. The molecule has 19 heavy (non-hydrogen) atoms. The van der Waals surface area contributed by atoms with Crippen LogP contribution < -0.4 is 5.73 Å². The molecule has 6 heteroatoms. The maximum atomic E-state index is 12.5. The number of nitrogen functional groups attached to an aromatic ring is 1. The third kappa shape index (κ3) is 3.12. The number of sulfonamides is 1. The second kappa shape index (κ2) is 5.81. The van der Waals surface area contributed by atoms with E-state index in [9.17, 15) is 8.42 Å². The Morgan fingerprint density at radius 3 is 2.47 bits per heavy atom. The van der Waals surface area contributed by atoms with Crippen molar-refractivity contribution >= 4 is 27.0 Å². The van der Waals surface area contributed by atoms with Crippen LogP contribution in [0.25, 0.3) is 0 Å². The van der Waals surface area contributed by atoms with Crippen molar-refractivity contribution in [1.29, 1.82) is 0 Å². The zero-order valence-corrected chi connectivity index (χ0v) is 13.1. The first-order valence-corrected chi connectivity index (χ1v) is 9.09. The number of hydrogen-bond donors (Lipinski definition) is 1. The van der Waals surface area contributed by atoms with E-state index >= 15 is 0 Å². The molecule has 0 aliphatic heterocycles. The first-order chi connectivity index (χ1) is 8.95. The Morgan fingerprint density at radius 1 is 1.37 bits per heavy atom. The lowest BCUT2D eigenvalue weighted by Gasteiger charge is -2.33. The van der Waals surface area contributed by atoms with Gasteiger partial charge in [0.1, 0.15) is 4.21 Å². The summed E-state index contributed by atoms with van der Waals surface area (Å²) in [5.41, 5.74) is 6.14. The van der Waals surface area contributed by atoms with Crippen LogP contribution in [-0.4, -0.2) is 25.8 Å². The highest BCUT2D eigenvalue weighted by atomic mass is 32.2. The molecule has 0 amide bonds. The molecule has 0 bridgehead atoms. The minimum Gasteiger partial charge on any atom is -0.398 e. The molecule has 0 saturated heterocycles.